The van der Waals surface area contributed by atoms with Crippen molar-refractivity contribution in [1.29, 1.82) is 0 Å². The fraction of sp³-hybridized carbons (Fsp3) is 0.211. The van der Waals surface area contributed by atoms with Gasteiger partial charge >= 0.3 is 0 Å². The van der Waals surface area contributed by atoms with Crippen LogP contribution in [0.1, 0.15) is 11.1 Å². The van der Waals surface area contributed by atoms with E-state index in [9.17, 15) is 4.39 Å². The van der Waals surface area contributed by atoms with Gasteiger partial charge in [-0.2, -0.15) is 10.1 Å². The van der Waals surface area contributed by atoms with Crippen LogP contribution in [0.5, 0.6) is 11.5 Å². The van der Waals surface area contributed by atoms with E-state index in [1.54, 1.807) is 18.3 Å². The lowest BCUT2D eigenvalue weighted by Gasteiger charge is -2.08. The molecule has 138 valence electrons. The smallest absolute Gasteiger partial charge is 0.244 e. The molecule has 0 saturated carbocycles. The molecule has 3 aromatic rings. The maximum atomic E-state index is 13.6. The van der Waals surface area contributed by atoms with E-state index < -0.39 is 0 Å². The lowest BCUT2D eigenvalue weighted by Crippen LogP contribution is -2.11. The van der Waals surface area contributed by atoms with Gasteiger partial charge in [0.05, 0.1) is 6.20 Å². The Morgan fingerprint density at radius 2 is 1.93 bits per heavy atom. The van der Waals surface area contributed by atoms with Gasteiger partial charge in [0.2, 0.25) is 12.7 Å². The minimum Gasteiger partial charge on any atom is -0.454 e. The van der Waals surface area contributed by atoms with Crippen molar-refractivity contribution in [1.82, 2.24) is 15.2 Å². The summed E-state index contributed by atoms with van der Waals surface area (Å²) in [6.45, 7) is 1.32. The van der Waals surface area contributed by atoms with Crippen molar-refractivity contribution in [2.75, 3.05) is 24.0 Å². The van der Waals surface area contributed by atoms with Crippen LogP contribution in [-0.4, -0.2) is 28.5 Å². The number of hydrogen-bond acceptors (Lipinski definition) is 7. The van der Waals surface area contributed by atoms with E-state index in [0.717, 1.165) is 17.1 Å². The van der Waals surface area contributed by atoms with Gasteiger partial charge in [0.25, 0.3) is 0 Å². The van der Waals surface area contributed by atoms with Crippen LogP contribution in [0, 0.1) is 5.82 Å². The van der Waals surface area contributed by atoms with E-state index in [2.05, 4.69) is 25.8 Å². The number of halogens is 1. The first-order valence-electron chi connectivity index (χ1n) is 8.57. The molecule has 7 nitrogen and oxygen atoms in total. The first-order valence-corrected chi connectivity index (χ1v) is 8.57. The largest absolute Gasteiger partial charge is 0.454 e. The van der Waals surface area contributed by atoms with Gasteiger partial charge in [-0.15, -0.1) is 5.10 Å². The number of anilines is 2. The van der Waals surface area contributed by atoms with E-state index >= 15 is 0 Å². The summed E-state index contributed by atoms with van der Waals surface area (Å²) in [5, 5.41) is 14.2. The van der Waals surface area contributed by atoms with Crippen molar-refractivity contribution >= 4 is 11.8 Å². The first-order chi connectivity index (χ1) is 13.3. The molecule has 0 aliphatic carbocycles. The second-order valence-electron chi connectivity index (χ2n) is 5.97. The number of hydrogen-bond donors (Lipinski definition) is 2. The van der Waals surface area contributed by atoms with Gasteiger partial charge in [-0.3, -0.25) is 0 Å². The number of ether oxygens (including phenoxy) is 2. The molecular weight excluding hydrogens is 349 g/mol. The Bertz CT molecular complexity index is 937. The van der Waals surface area contributed by atoms with E-state index in [1.807, 2.05) is 24.3 Å². The summed E-state index contributed by atoms with van der Waals surface area (Å²) in [6.07, 6.45) is 2.08. The molecule has 0 spiro atoms. The molecule has 4 rings (SSSR count). The lowest BCUT2D eigenvalue weighted by molar-refractivity contribution is 0.174. The van der Waals surface area contributed by atoms with Crippen LogP contribution in [0.25, 0.3) is 0 Å². The zero-order valence-corrected chi connectivity index (χ0v) is 14.5. The molecule has 1 aromatic heterocycles. The van der Waals surface area contributed by atoms with Crippen LogP contribution in [0.2, 0.25) is 0 Å². The molecule has 1 aliphatic heterocycles. The average molecular weight is 367 g/mol. The molecule has 2 aromatic carbocycles. The summed E-state index contributed by atoms with van der Waals surface area (Å²) in [7, 11) is 0. The van der Waals surface area contributed by atoms with Gasteiger partial charge in [0.15, 0.2) is 17.3 Å². The normalized spacial score (nSPS) is 12.0. The number of rotatable bonds is 7. The lowest BCUT2D eigenvalue weighted by atomic mass is 10.1. The number of benzene rings is 2. The fourth-order valence-corrected chi connectivity index (χ4v) is 2.72. The molecule has 27 heavy (non-hydrogen) atoms. The highest BCUT2D eigenvalue weighted by Crippen LogP contribution is 2.32. The summed E-state index contributed by atoms with van der Waals surface area (Å²) in [5.41, 5.74) is 1.68. The second-order valence-corrected chi connectivity index (χ2v) is 5.97. The molecule has 2 heterocycles. The Kier molecular flexibility index (Phi) is 4.95. The molecule has 8 heteroatoms. The Morgan fingerprint density at radius 1 is 1.04 bits per heavy atom. The van der Waals surface area contributed by atoms with E-state index in [0.29, 0.717) is 36.8 Å². The molecule has 0 amide bonds. The third-order valence-electron chi connectivity index (χ3n) is 4.10. The van der Waals surface area contributed by atoms with Crippen LogP contribution in [0.3, 0.4) is 0 Å². The topological polar surface area (TPSA) is 81.2 Å². The van der Waals surface area contributed by atoms with Crippen LogP contribution in [0.4, 0.5) is 16.2 Å². The SMILES string of the molecule is Fc1ccccc1CCNc1nncc(NCc2ccc3c(c2)OCO3)n1. The van der Waals surface area contributed by atoms with Crippen LogP contribution in [0.15, 0.2) is 48.7 Å². The number of fused-ring (bicyclic) bond motifs is 1. The number of nitrogens with one attached hydrogen (secondary N) is 2. The molecule has 0 radical (unpaired) electrons. The maximum absolute atomic E-state index is 13.6. The van der Waals surface area contributed by atoms with Gasteiger partial charge in [-0.05, 0) is 35.7 Å². The minimum absolute atomic E-state index is 0.211. The summed E-state index contributed by atoms with van der Waals surface area (Å²) >= 11 is 0. The molecule has 0 bridgehead atoms. The predicted octanol–water partition coefficient (Wildman–Crippen LogP) is 3.01. The second kappa shape index (κ2) is 7.86. The summed E-state index contributed by atoms with van der Waals surface area (Å²) in [6, 6.07) is 12.5. The number of aromatic nitrogens is 3. The third-order valence-corrected chi connectivity index (χ3v) is 4.10. The van der Waals surface area contributed by atoms with Crippen LogP contribution < -0.4 is 20.1 Å². The van der Waals surface area contributed by atoms with Crippen molar-refractivity contribution in [2.24, 2.45) is 0 Å². The van der Waals surface area contributed by atoms with Crippen molar-refractivity contribution in [3.63, 3.8) is 0 Å². The van der Waals surface area contributed by atoms with Gasteiger partial charge < -0.3 is 20.1 Å². The van der Waals surface area contributed by atoms with Crippen molar-refractivity contribution in [2.45, 2.75) is 13.0 Å². The first kappa shape index (κ1) is 17.0. The van der Waals surface area contributed by atoms with Gasteiger partial charge in [-0.1, -0.05) is 24.3 Å². The van der Waals surface area contributed by atoms with Gasteiger partial charge in [0.1, 0.15) is 5.82 Å². The third kappa shape index (κ3) is 4.22. The number of nitrogens with zero attached hydrogens (tertiary/aromatic N) is 3. The summed E-state index contributed by atoms with van der Waals surface area (Å²) in [5.74, 6) is 2.27. The quantitative estimate of drug-likeness (QED) is 0.664. The summed E-state index contributed by atoms with van der Waals surface area (Å²) in [4.78, 5) is 4.37. The fourth-order valence-electron chi connectivity index (χ4n) is 2.72. The Labute approximate surface area is 155 Å². The van der Waals surface area contributed by atoms with Crippen molar-refractivity contribution < 1.29 is 13.9 Å². The molecule has 2 N–H and O–H groups in total. The predicted molar refractivity (Wildman–Crippen MR) is 98.3 cm³/mol. The highest BCUT2D eigenvalue weighted by Gasteiger charge is 2.13. The monoisotopic (exact) mass is 367 g/mol. The standard InChI is InChI=1S/C19H18FN5O2/c20-15-4-2-1-3-14(15)7-8-21-19-24-18(11-23-25-19)22-10-13-5-6-16-17(9-13)27-12-26-16/h1-6,9,11H,7-8,10,12H2,(H2,21,22,24,25). The highest BCUT2D eigenvalue weighted by atomic mass is 19.1. The van der Waals surface area contributed by atoms with E-state index in [4.69, 9.17) is 9.47 Å². The highest BCUT2D eigenvalue weighted by molar-refractivity contribution is 5.46. The van der Waals surface area contributed by atoms with Crippen LogP contribution in [-0.2, 0) is 13.0 Å². The molecule has 0 fully saturated rings. The zero-order chi connectivity index (χ0) is 18.5. The van der Waals surface area contributed by atoms with Gasteiger partial charge in [-0.25, -0.2) is 4.39 Å². The van der Waals surface area contributed by atoms with Crippen LogP contribution >= 0.6 is 0 Å². The van der Waals surface area contributed by atoms with E-state index in [-0.39, 0.29) is 12.6 Å². The average Bonchev–Trinajstić information content (AvgIpc) is 3.16. The molecule has 0 atom stereocenters. The summed E-state index contributed by atoms with van der Waals surface area (Å²) < 4.78 is 24.3. The zero-order valence-electron chi connectivity index (χ0n) is 14.5. The van der Waals surface area contributed by atoms with Crippen molar-refractivity contribution in [3.05, 3.63) is 65.6 Å². The molecule has 0 unspecified atom stereocenters. The van der Waals surface area contributed by atoms with E-state index in [1.165, 1.54) is 6.07 Å². The molecule has 1 aliphatic rings. The van der Waals surface area contributed by atoms with Crippen molar-refractivity contribution in [3.8, 4) is 11.5 Å². The maximum Gasteiger partial charge on any atom is 0.244 e. The Morgan fingerprint density at radius 3 is 2.85 bits per heavy atom. The molecular formula is C19H18FN5O2. The Hall–Kier alpha value is -3.42. The van der Waals surface area contributed by atoms with Gasteiger partial charge in [0, 0.05) is 13.1 Å². The minimum atomic E-state index is -0.211. The Balaban J connectivity index is 1.31. The molecule has 0 saturated heterocycles.